The Kier molecular flexibility index (Phi) is 3.47. The molecule has 0 bridgehead atoms. The van der Waals surface area contributed by atoms with Crippen LogP contribution in [-0.4, -0.2) is 11.3 Å². The molecule has 0 aliphatic heterocycles. The molecular weight excluding hydrogens is 263 g/mol. The van der Waals surface area contributed by atoms with Crippen LogP contribution < -0.4 is 0 Å². The third-order valence-corrected chi connectivity index (χ3v) is 3.40. The summed E-state index contributed by atoms with van der Waals surface area (Å²) in [6, 6.07) is 6.81. The molecule has 0 spiro atoms. The molecule has 6 heteroatoms. The van der Waals surface area contributed by atoms with Crippen molar-refractivity contribution in [2.75, 3.05) is 0 Å². The Morgan fingerprint density at radius 1 is 1.22 bits per heavy atom. The van der Waals surface area contributed by atoms with E-state index in [2.05, 4.69) is 4.98 Å². The molecule has 0 amide bonds. The minimum atomic E-state index is -4.40. The van der Waals surface area contributed by atoms with Gasteiger partial charge in [-0.15, -0.1) is 11.3 Å². The third-order valence-electron chi connectivity index (χ3n) is 2.31. The topological polar surface area (TPSA) is 30.0 Å². The molecule has 1 aromatic carbocycles. The third kappa shape index (κ3) is 2.76. The van der Waals surface area contributed by atoms with Crippen LogP contribution in [0.1, 0.15) is 10.6 Å². The van der Waals surface area contributed by atoms with Crippen molar-refractivity contribution in [1.29, 1.82) is 0 Å². The maximum absolute atomic E-state index is 12.4. The van der Waals surface area contributed by atoms with Gasteiger partial charge in [0, 0.05) is 12.6 Å². The van der Waals surface area contributed by atoms with Gasteiger partial charge in [0.05, 0.1) is 4.88 Å². The van der Waals surface area contributed by atoms with Crippen LogP contribution in [0.3, 0.4) is 0 Å². The number of halogens is 3. The van der Waals surface area contributed by atoms with Crippen molar-refractivity contribution in [3.05, 3.63) is 41.0 Å². The first kappa shape index (κ1) is 12.8. The number of aldehydes is 1. The fourth-order valence-corrected chi connectivity index (χ4v) is 2.23. The van der Waals surface area contributed by atoms with E-state index in [9.17, 15) is 18.0 Å². The first-order chi connectivity index (χ1) is 8.50. The average Bonchev–Trinajstić information content (AvgIpc) is 2.79. The second kappa shape index (κ2) is 4.89. The molecule has 0 saturated carbocycles. The maximum Gasteiger partial charge on any atom is 0.443 e. The van der Waals surface area contributed by atoms with Gasteiger partial charge in [-0.3, -0.25) is 0 Å². The van der Waals surface area contributed by atoms with Gasteiger partial charge in [0.1, 0.15) is 6.29 Å². The molecule has 94 valence electrons. The zero-order valence-electron chi connectivity index (χ0n) is 9.07. The Morgan fingerprint density at radius 2 is 1.89 bits per heavy atom. The van der Waals surface area contributed by atoms with Crippen molar-refractivity contribution in [3.8, 4) is 10.4 Å². The number of benzene rings is 1. The van der Waals surface area contributed by atoms with Crippen LogP contribution in [0.2, 0.25) is 0 Å². The van der Waals surface area contributed by atoms with Crippen LogP contribution in [0.15, 0.2) is 30.5 Å². The quantitative estimate of drug-likeness (QED) is 0.799. The minimum absolute atomic E-state index is 0.302. The number of aromatic nitrogens is 1. The molecule has 0 fully saturated rings. The molecule has 0 aliphatic carbocycles. The zero-order chi connectivity index (χ0) is 13.2. The number of hydrogen-bond acceptors (Lipinski definition) is 3. The standard InChI is InChI=1S/C12H8F3NOS/c13-12(14,15)11-16-7-10(18-11)9-3-1-8(2-4-9)5-6-17/h1-4,6-7H,5H2. The van der Waals surface area contributed by atoms with Crippen molar-refractivity contribution in [1.82, 2.24) is 4.98 Å². The van der Waals surface area contributed by atoms with Crippen LogP contribution in [0, 0.1) is 0 Å². The molecule has 1 heterocycles. The highest BCUT2D eigenvalue weighted by Gasteiger charge is 2.34. The van der Waals surface area contributed by atoms with Gasteiger partial charge in [-0.1, -0.05) is 24.3 Å². The predicted molar refractivity (Wildman–Crippen MR) is 62.3 cm³/mol. The lowest BCUT2D eigenvalue weighted by molar-refractivity contribution is -0.137. The monoisotopic (exact) mass is 271 g/mol. The van der Waals surface area contributed by atoms with Crippen LogP contribution in [0.4, 0.5) is 13.2 Å². The number of thiazole rings is 1. The number of nitrogens with zero attached hydrogens (tertiary/aromatic N) is 1. The Hall–Kier alpha value is -1.69. The Morgan fingerprint density at radius 3 is 2.39 bits per heavy atom. The summed E-state index contributed by atoms with van der Waals surface area (Å²) in [6.45, 7) is 0. The van der Waals surface area contributed by atoms with Crippen LogP contribution in [-0.2, 0) is 17.4 Å². The predicted octanol–water partition coefficient (Wildman–Crippen LogP) is 3.57. The highest BCUT2D eigenvalue weighted by Crippen LogP contribution is 2.36. The van der Waals surface area contributed by atoms with Gasteiger partial charge in [0.25, 0.3) is 0 Å². The summed E-state index contributed by atoms with van der Waals surface area (Å²) in [4.78, 5) is 14.1. The van der Waals surface area contributed by atoms with E-state index in [0.29, 0.717) is 28.2 Å². The lowest BCUT2D eigenvalue weighted by Crippen LogP contribution is -2.02. The lowest BCUT2D eigenvalue weighted by atomic mass is 10.1. The van der Waals surface area contributed by atoms with E-state index in [-0.39, 0.29) is 0 Å². The van der Waals surface area contributed by atoms with Crippen LogP contribution in [0.25, 0.3) is 10.4 Å². The molecule has 0 unspecified atom stereocenters. The molecule has 0 N–H and O–H groups in total. The van der Waals surface area contributed by atoms with E-state index in [1.54, 1.807) is 24.3 Å². The number of hydrogen-bond donors (Lipinski definition) is 0. The van der Waals surface area contributed by atoms with Gasteiger partial charge in [0.15, 0.2) is 5.01 Å². The molecular formula is C12H8F3NOS. The summed E-state index contributed by atoms with van der Waals surface area (Å²) in [7, 11) is 0. The smallest absolute Gasteiger partial charge is 0.303 e. The van der Waals surface area contributed by atoms with Crippen molar-refractivity contribution in [2.45, 2.75) is 12.6 Å². The van der Waals surface area contributed by atoms with Crippen molar-refractivity contribution < 1.29 is 18.0 Å². The van der Waals surface area contributed by atoms with Gasteiger partial charge >= 0.3 is 6.18 Å². The van der Waals surface area contributed by atoms with Gasteiger partial charge in [-0.25, -0.2) is 4.98 Å². The molecule has 0 saturated heterocycles. The van der Waals surface area contributed by atoms with Gasteiger partial charge in [-0.2, -0.15) is 13.2 Å². The number of carbonyl (C=O) groups is 1. The van der Waals surface area contributed by atoms with E-state index >= 15 is 0 Å². The number of rotatable bonds is 3. The van der Waals surface area contributed by atoms with Gasteiger partial charge in [0.2, 0.25) is 0 Å². The fraction of sp³-hybridized carbons (Fsp3) is 0.167. The lowest BCUT2D eigenvalue weighted by Gasteiger charge is -2.00. The molecule has 2 aromatic rings. The summed E-state index contributed by atoms with van der Waals surface area (Å²) in [5.74, 6) is 0. The van der Waals surface area contributed by atoms with Crippen LogP contribution >= 0.6 is 11.3 Å². The Labute approximate surface area is 105 Å². The van der Waals surface area contributed by atoms with Crippen molar-refractivity contribution in [2.24, 2.45) is 0 Å². The first-order valence-corrected chi connectivity index (χ1v) is 5.88. The molecule has 0 radical (unpaired) electrons. The molecule has 0 aliphatic rings. The second-order valence-corrected chi connectivity index (χ2v) is 4.63. The molecule has 2 nitrogen and oxygen atoms in total. The normalized spacial score (nSPS) is 11.5. The summed E-state index contributed by atoms with van der Waals surface area (Å²) < 4.78 is 37.2. The molecule has 2 rings (SSSR count). The zero-order valence-corrected chi connectivity index (χ0v) is 9.89. The molecule has 0 atom stereocenters. The highest BCUT2D eigenvalue weighted by atomic mass is 32.1. The number of alkyl halides is 3. The summed E-state index contributed by atoms with van der Waals surface area (Å²) in [5, 5.41) is -0.852. The van der Waals surface area contributed by atoms with E-state index in [4.69, 9.17) is 0 Å². The SMILES string of the molecule is O=CCc1ccc(-c2cnc(C(F)(F)F)s2)cc1. The largest absolute Gasteiger partial charge is 0.443 e. The van der Waals surface area contributed by atoms with E-state index in [1.165, 1.54) is 6.20 Å². The minimum Gasteiger partial charge on any atom is -0.303 e. The van der Waals surface area contributed by atoms with E-state index in [1.807, 2.05) is 0 Å². The fourth-order valence-electron chi connectivity index (χ4n) is 1.44. The van der Waals surface area contributed by atoms with Gasteiger partial charge in [-0.05, 0) is 11.1 Å². The first-order valence-electron chi connectivity index (χ1n) is 5.06. The average molecular weight is 271 g/mol. The number of carbonyl (C=O) groups excluding carboxylic acids is 1. The Balaban J connectivity index is 2.26. The molecule has 18 heavy (non-hydrogen) atoms. The summed E-state index contributed by atoms with van der Waals surface area (Å²) in [5.41, 5.74) is 1.49. The van der Waals surface area contributed by atoms with Crippen molar-refractivity contribution >= 4 is 17.6 Å². The van der Waals surface area contributed by atoms with Crippen molar-refractivity contribution in [3.63, 3.8) is 0 Å². The highest BCUT2D eigenvalue weighted by molar-refractivity contribution is 7.15. The Bertz CT molecular complexity index is 545. The summed E-state index contributed by atoms with van der Waals surface area (Å²) >= 11 is 0.606. The maximum atomic E-state index is 12.4. The van der Waals surface area contributed by atoms with Gasteiger partial charge < -0.3 is 4.79 Å². The second-order valence-electron chi connectivity index (χ2n) is 3.60. The molecule has 1 aromatic heterocycles. The van der Waals surface area contributed by atoms with Crippen LogP contribution in [0.5, 0.6) is 0 Å². The van der Waals surface area contributed by atoms with E-state index < -0.39 is 11.2 Å². The summed E-state index contributed by atoms with van der Waals surface area (Å²) in [6.07, 6.45) is -2.11. The van der Waals surface area contributed by atoms with E-state index in [0.717, 1.165) is 11.8 Å².